The van der Waals surface area contributed by atoms with Gasteiger partial charge in [0.15, 0.2) is 0 Å². The molecule has 0 aliphatic heterocycles. The molecule has 80 heavy (non-hydrogen) atoms. The molecule has 6 heteroatoms. The molecule has 0 bridgehead atoms. The molecule has 0 unspecified atom stereocenters. The molecule has 6 nitrogen and oxygen atoms in total. The van der Waals surface area contributed by atoms with Crippen LogP contribution in [0.2, 0.25) is 0 Å². The third-order valence-corrected chi connectivity index (χ3v) is 16.8. The van der Waals surface area contributed by atoms with E-state index in [1.807, 2.05) is 24.3 Å². The highest BCUT2D eigenvalue weighted by Gasteiger charge is 2.31. The molecule has 0 atom stereocenters. The lowest BCUT2D eigenvalue weighted by atomic mass is 9.89. The molecule has 0 N–H and O–H groups in total. The average Bonchev–Trinajstić information content (AvgIpc) is 4.43. The van der Waals surface area contributed by atoms with Gasteiger partial charge in [0.2, 0.25) is 0 Å². The first-order valence-corrected chi connectivity index (χ1v) is 27.6. The predicted octanol–water partition coefficient (Wildman–Crippen LogP) is 20.3. The summed E-state index contributed by atoms with van der Waals surface area (Å²) < 4.78 is 5.14. The van der Waals surface area contributed by atoms with Crippen molar-refractivity contribution in [1.82, 2.24) is 8.80 Å². The topological polar surface area (TPSA) is 62.9 Å². The highest BCUT2D eigenvalue weighted by molar-refractivity contribution is 6.38. The molecule has 0 saturated carbocycles. The van der Waals surface area contributed by atoms with Gasteiger partial charge in [-0.15, -0.1) is 0 Å². The van der Waals surface area contributed by atoms with Crippen LogP contribution >= 0.6 is 0 Å². The van der Waals surface area contributed by atoms with Crippen molar-refractivity contribution in [1.29, 1.82) is 10.5 Å². The summed E-state index contributed by atoms with van der Waals surface area (Å²) in [5, 5.41) is 29.2. The number of aromatic nitrogens is 2. The van der Waals surface area contributed by atoms with Gasteiger partial charge in [0.05, 0.1) is 56.4 Å². The van der Waals surface area contributed by atoms with Gasteiger partial charge in [-0.2, -0.15) is 10.5 Å². The summed E-state index contributed by atoms with van der Waals surface area (Å²) in [5.74, 6) is 0.814. The summed E-state index contributed by atoms with van der Waals surface area (Å²) in [6, 6.07) is 87.9. The Balaban J connectivity index is 1.04. The smallest absolute Gasteiger partial charge is 0.0991 e. The minimum Gasteiger partial charge on any atom is -0.310 e. The van der Waals surface area contributed by atoms with Gasteiger partial charge in [-0.3, -0.25) is 0 Å². The molecule has 11 aromatic carbocycles. The van der Waals surface area contributed by atoms with Crippen molar-refractivity contribution in [2.45, 2.75) is 39.5 Å². The molecule has 378 valence electrons. The van der Waals surface area contributed by atoms with Crippen molar-refractivity contribution in [3.05, 3.63) is 253 Å². The van der Waals surface area contributed by atoms with E-state index in [0.29, 0.717) is 23.0 Å². The number of para-hydroxylation sites is 2. The summed E-state index contributed by atoms with van der Waals surface area (Å²) in [4.78, 5) is 4.62. The Morgan fingerprint density at radius 2 is 0.662 bits per heavy atom. The maximum atomic E-state index is 9.79. The van der Waals surface area contributed by atoms with Crippen LogP contribution in [0.25, 0.3) is 98.4 Å². The maximum absolute atomic E-state index is 9.79. The van der Waals surface area contributed by atoms with Gasteiger partial charge in [-0.05, 0) is 143 Å². The number of hydrogen-bond acceptors (Lipinski definition) is 4. The van der Waals surface area contributed by atoms with E-state index in [4.69, 9.17) is 0 Å². The Bertz CT molecular complexity index is 4660. The largest absolute Gasteiger partial charge is 0.310 e. The van der Waals surface area contributed by atoms with Crippen LogP contribution in [-0.2, 0) is 0 Å². The molecular formula is C74H52N6. The minimum absolute atomic E-state index is 0.407. The van der Waals surface area contributed by atoms with Crippen LogP contribution in [0, 0.1) is 22.7 Å². The fourth-order valence-electron chi connectivity index (χ4n) is 13.0. The monoisotopic (exact) mass is 1020 g/mol. The second-order valence-electron chi connectivity index (χ2n) is 21.9. The molecule has 0 saturated heterocycles. The second-order valence-corrected chi connectivity index (χ2v) is 21.9. The van der Waals surface area contributed by atoms with Crippen LogP contribution in [0.4, 0.5) is 34.1 Å². The van der Waals surface area contributed by atoms with Gasteiger partial charge in [0, 0.05) is 88.3 Å². The number of benzene rings is 11. The Hall–Kier alpha value is -10.4. The molecule has 15 aromatic rings. The van der Waals surface area contributed by atoms with Crippen LogP contribution in [0.5, 0.6) is 0 Å². The molecule has 0 amide bonds. The van der Waals surface area contributed by atoms with Crippen molar-refractivity contribution in [3.8, 4) is 34.4 Å². The van der Waals surface area contributed by atoms with Gasteiger partial charge in [0.1, 0.15) is 0 Å². The first-order chi connectivity index (χ1) is 39.3. The van der Waals surface area contributed by atoms with Crippen LogP contribution in [0.15, 0.2) is 231 Å². The first kappa shape index (κ1) is 46.9. The van der Waals surface area contributed by atoms with E-state index in [9.17, 15) is 10.5 Å². The number of hydrogen-bond donors (Lipinski definition) is 0. The number of anilines is 6. The fourth-order valence-corrected chi connectivity index (χ4v) is 13.0. The normalized spacial score (nSPS) is 11.9. The van der Waals surface area contributed by atoms with Crippen LogP contribution < -0.4 is 9.80 Å². The molecular weight excluding hydrogens is 973 g/mol. The van der Waals surface area contributed by atoms with E-state index in [-0.39, 0.29) is 0 Å². The summed E-state index contributed by atoms with van der Waals surface area (Å²) in [7, 11) is 0. The maximum Gasteiger partial charge on any atom is 0.0991 e. The molecule has 4 heterocycles. The summed E-state index contributed by atoms with van der Waals surface area (Å²) in [6.45, 7) is 8.91. The lowest BCUT2D eigenvalue weighted by Crippen LogP contribution is -2.10. The third kappa shape index (κ3) is 6.96. The summed E-state index contributed by atoms with van der Waals surface area (Å²) >= 11 is 0. The Morgan fingerprint density at radius 1 is 0.325 bits per heavy atom. The van der Waals surface area contributed by atoms with E-state index < -0.39 is 0 Å². The fraction of sp³-hybridized carbons (Fsp3) is 0.0811. The van der Waals surface area contributed by atoms with Gasteiger partial charge in [-0.1, -0.05) is 149 Å². The number of rotatable bonds is 10. The number of nitriles is 2. The van der Waals surface area contributed by atoms with Gasteiger partial charge in [-0.25, -0.2) is 0 Å². The quantitative estimate of drug-likeness (QED) is 0.137. The lowest BCUT2D eigenvalue weighted by molar-refractivity contribution is 0.866. The SMILES string of the molecule is CC(C)c1ccc(N(c2ccc(C#N)cc2)c2ccc3c(c2)c2cccc4c5c(-c6ccccc6)c6c(c(-c7ccccc7)c5n3c24)c2cccc3c4cc(N(c5ccc(C#N)cc5)c5ccc(C(C)C)cc5)ccc4n6c32)cc1. The second kappa shape index (κ2) is 18.1. The van der Waals surface area contributed by atoms with Crippen LogP contribution in [-0.4, -0.2) is 8.80 Å². The van der Waals surface area contributed by atoms with Crippen molar-refractivity contribution < 1.29 is 0 Å². The molecule has 0 fully saturated rings. The zero-order chi connectivity index (χ0) is 53.9. The zero-order valence-electron chi connectivity index (χ0n) is 44.8. The highest BCUT2D eigenvalue weighted by atomic mass is 15.1. The van der Waals surface area contributed by atoms with Crippen LogP contribution in [0.1, 0.15) is 61.8 Å². The van der Waals surface area contributed by atoms with Crippen molar-refractivity contribution >= 4 is 110 Å². The summed E-state index contributed by atoms with van der Waals surface area (Å²) in [5.41, 5.74) is 21.8. The van der Waals surface area contributed by atoms with Crippen molar-refractivity contribution in [2.75, 3.05) is 9.80 Å². The van der Waals surface area contributed by atoms with Gasteiger partial charge >= 0.3 is 0 Å². The average molecular weight is 1030 g/mol. The zero-order valence-corrected chi connectivity index (χ0v) is 44.8. The van der Waals surface area contributed by atoms with Crippen LogP contribution in [0.3, 0.4) is 0 Å². The Morgan fingerprint density at radius 3 is 1.01 bits per heavy atom. The van der Waals surface area contributed by atoms with E-state index in [1.165, 1.54) is 87.4 Å². The van der Waals surface area contributed by atoms with Gasteiger partial charge < -0.3 is 18.6 Å². The molecule has 0 aliphatic rings. The molecule has 0 radical (unpaired) electrons. The van der Waals surface area contributed by atoms with E-state index in [1.54, 1.807) is 0 Å². The number of nitrogens with zero attached hydrogens (tertiary/aromatic N) is 6. The van der Waals surface area contributed by atoms with E-state index in [0.717, 1.165) is 56.3 Å². The number of fused-ring (bicyclic) bond motifs is 12. The van der Waals surface area contributed by atoms with Crippen molar-refractivity contribution in [2.24, 2.45) is 0 Å². The van der Waals surface area contributed by atoms with Crippen molar-refractivity contribution in [3.63, 3.8) is 0 Å². The first-order valence-electron chi connectivity index (χ1n) is 27.6. The van der Waals surface area contributed by atoms with Gasteiger partial charge in [0.25, 0.3) is 0 Å². The van der Waals surface area contributed by atoms with E-state index >= 15 is 0 Å². The molecule has 0 aliphatic carbocycles. The predicted molar refractivity (Wildman–Crippen MR) is 334 cm³/mol. The molecule has 0 spiro atoms. The minimum atomic E-state index is 0.407. The standard InChI is InChI=1S/C74H52N6/c1-45(2)49-25-33-55(34-26-49)77(53-29-21-47(43-75)22-30-53)57-37-39-65-63(41-57)59-17-11-19-61-69-68(52-15-9-6-10-16-52)74-70(67(51-13-7-5-8-14-51)73(69)79(65)71(59)61)62-20-12-18-60-64-42-58(38-40-66(64)80(74)72(60)62)78(54-31-23-48(44-76)24-32-54)56-35-27-50(28-36-56)46(3)4/h5-42,45-46H,1-4H3. The third-order valence-electron chi connectivity index (χ3n) is 16.8. The highest BCUT2D eigenvalue weighted by Crippen LogP contribution is 2.55. The summed E-state index contributed by atoms with van der Waals surface area (Å²) in [6.07, 6.45) is 0. The Labute approximate surface area is 463 Å². The van der Waals surface area contributed by atoms with E-state index in [2.05, 4.69) is 265 Å². The lowest BCUT2D eigenvalue weighted by Gasteiger charge is -2.26. The Kier molecular flexibility index (Phi) is 10.6. The molecule has 4 aromatic heterocycles. The molecule has 15 rings (SSSR count).